The van der Waals surface area contributed by atoms with E-state index in [9.17, 15) is 9.90 Å². The molecule has 0 radical (unpaired) electrons. The number of hydrogen-bond acceptors (Lipinski definition) is 5. The summed E-state index contributed by atoms with van der Waals surface area (Å²) >= 11 is 7.20. The number of aromatic nitrogens is 1. The molecule has 0 bridgehead atoms. The van der Waals surface area contributed by atoms with Crippen LogP contribution in [0.2, 0.25) is 5.02 Å². The standard InChI is InChI=1S/C19H15ClN2O2S/c20-14-7-5-12(6-8-14)17(21)16(19(24)15-4-2-10-25-15)18(23)13-3-1-9-22-11-13/h1-11,16,18,21,23H. The summed E-state index contributed by atoms with van der Waals surface area (Å²) < 4.78 is 0. The van der Waals surface area contributed by atoms with Crippen molar-refractivity contribution in [3.8, 4) is 0 Å². The molecular formula is C19H15ClN2O2S. The number of pyridine rings is 1. The first-order valence-corrected chi connectivity index (χ1v) is 8.84. The van der Waals surface area contributed by atoms with Gasteiger partial charge in [-0.15, -0.1) is 11.3 Å². The third-order valence-corrected chi connectivity index (χ3v) is 4.99. The molecule has 0 aliphatic carbocycles. The van der Waals surface area contributed by atoms with Gasteiger partial charge in [0.15, 0.2) is 5.78 Å². The molecule has 2 atom stereocenters. The zero-order valence-corrected chi connectivity index (χ0v) is 14.7. The van der Waals surface area contributed by atoms with Crippen LogP contribution in [0, 0.1) is 11.3 Å². The molecule has 0 aliphatic rings. The molecule has 2 unspecified atom stereocenters. The number of aliphatic hydroxyl groups is 1. The Hall–Kier alpha value is -2.34. The molecule has 0 amide bonds. The summed E-state index contributed by atoms with van der Waals surface area (Å²) in [5.41, 5.74) is 1.09. The van der Waals surface area contributed by atoms with Crippen LogP contribution in [0.1, 0.15) is 26.9 Å². The van der Waals surface area contributed by atoms with E-state index in [1.54, 1.807) is 60.1 Å². The van der Waals surface area contributed by atoms with Gasteiger partial charge in [0.05, 0.1) is 22.6 Å². The molecule has 0 saturated carbocycles. The molecule has 126 valence electrons. The molecule has 0 saturated heterocycles. The Labute approximate surface area is 154 Å². The maximum atomic E-state index is 13.0. The lowest BCUT2D eigenvalue weighted by Gasteiger charge is -2.22. The van der Waals surface area contributed by atoms with Crippen LogP contribution < -0.4 is 0 Å². The molecule has 2 aromatic heterocycles. The Morgan fingerprint density at radius 3 is 2.52 bits per heavy atom. The second kappa shape index (κ2) is 7.70. The minimum Gasteiger partial charge on any atom is -0.387 e. The fourth-order valence-electron chi connectivity index (χ4n) is 2.56. The second-order valence-electron chi connectivity index (χ2n) is 5.47. The highest BCUT2D eigenvalue weighted by Crippen LogP contribution is 2.30. The summed E-state index contributed by atoms with van der Waals surface area (Å²) in [5.74, 6) is -1.31. The fourth-order valence-corrected chi connectivity index (χ4v) is 3.39. The quantitative estimate of drug-likeness (QED) is 0.499. The second-order valence-corrected chi connectivity index (χ2v) is 6.86. The average molecular weight is 371 g/mol. The molecule has 0 spiro atoms. The largest absolute Gasteiger partial charge is 0.387 e. The third kappa shape index (κ3) is 3.85. The number of aliphatic hydroxyl groups excluding tert-OH is 1. The van der Waals surface area contributed by atoms with E-state index in [1.165, 1.54) is 17.5 Å². The molecule has 25 heavy (non-hydrogen) atoms. The van der Waals surface area contributed by atoms with E-state index in [2.05, 4.69) is 4.98 Å². The smallest absolute Gasteiger partial charge is 0.184 e. The summed E-state index contributed by atoms with van der Waals surface area (Å²) in [4.78, 5) is 17.5. The van der Waals surface area contributed by atoms with Crippen molar-refractivity contribution in [3.63, 3.8) is 0 Å². The normalized spacial score (nSPS) is 13.2. The number of thiophene rings is 1. The van der Waals surface area contributed by atoms with Gasteiger partial charge in [-0.2, -0.15) is 0 Å². The van der Waals surface area contributed by atoms with Crippen molar-refractivity contribution in [2.75, 3.05) is 0 Å². The highest BCUT2D eigenvalue weighted by molar-refractivity contribution is 7.12. The molecule has 2 heterocycles. The Morgan fingerprint density at radius 2 is 1.92 bits per heavy atom. The van der Waals surface area contributed by atoms with Crippen molar-refractivity contribution in [2.45, 2.75) is 6.10 Å². The predicted molar refractivity (Wildman–Crippen MR) is 99.6 cm³/mol. The highest BCUT2D eigenvalue weighted by atomic mass is 35.5. The number of nitrogens with zero attached hydrogens (tertiary/aromatic N) is 1. The lowest BCUT2D eigenvalue weighted by Crippen LogP contribution is -2.30. The Morgan fingerprint density at radius 1 is 1.16 bits per heavy atom. The van der Waals surface area contributed by atoms with Gasteiger partial charge in [-0.3, -0.25) is 9.78 Å². The number of ketones is 1. The zero-order valence-electron chi connectivity index (χ0n) is 13.1. The van der Waals surface area contributed by atoms with Crippen LogP contribution in [0.3, 0.4) is 0 Å². The van der Waals surface area contributed by atoms with Gasteiger partial charge in [0.25, 0.3) is 0 Å². The molecule has 1 aromatic carbocycles. The van der Waals surface area contributed by atoms with E-state index in [4.69, 9.17) is 17.0 Å². The van der Waals surface area contributed by atoms with Crippen molar-refractivity contribution in [2.24, 2.45) is 5.92 Å². The number of rotatable bonds is 6. The number of Topliss-reactive ketones (excluding diaryl/α,β-unsaturated/α-hetero) is 1. The van der Waals surface area contributed by atoms with Gasteiger partial charge in [-0.1, -0.05) is 35.9 Å². The van der Waals surface area contributed by atoms with Crippen molar-refractivity contribution in [3.05, 3.63) is 87.3 Å². The number of carbonyl (C=O) groups excluding carboxylic acids is 1. The van der Waals surface area contributed by atoms with Crippen molar-refractivity contribution in [1.29, 1.82) is 5.41 Å². The van der Waals surface area contributed by atoms with Gasteiger partial charge in [-0.05, 0) is 40.8 Å². The van der Waals surface area contributed by atoms with Crippen LogP contribution in [0.4, 0.5) is 0 Å². The number of halogens is 1. The number of hydrogen-bond donors (Lipinski definition) is 2. The van der Waals surface area contributed by atoms with Crippen molar-refractivity contribution >= 4 is 34.4 Å². The molecule has 0 fully saturated rings. The Kier molecular flexibility index (Phi) is 5.38. The van der Waals surface area contributed by atoms with Gasteiger partial charge >= 0.3 is 0 Å². The minimum atomic E-state index is -1.16. The third-order valence-electron chi connectivity index (χ3n) is 3.85. The molecule has 2 N–H and O–H groups in total. The SMILES string of the molecule is N=C(c1ccc(Cl)cc1)C(C(=O)c1cccs1)C(O)c1cccnc1. The van der Waals surface area contributed by atoms with Crippen molar-refractivity contribution in [1.82, 2.24) is 4.98 Å². The summed E-state index contributed by atoms with van der Waals surface area (Å²) in [6, 6.07) is 13.5. The molecule has 3 rings (SSSR count). The summed E-state index contributed by atoms with van der Waals surface area (Å²) in [5, 5.41) is 21.7. The zero-order chi connectivity index (χ0) is 17.8. The van der Waals surface area contributed by atoms with E-state index in [-0.39, 0.29) is 11.5 Å². The molecule has 3 aromatic rings. The molecular weight excluding hydrogens is 356 g/mol. The first-order valence-electron chi connectivity index (χ1n) is 7.58. The number of nitrogens with one attached hydrogen (secondary N) is 1. The maximum absolute atomic E-state index is 13.0. The van der Waals surface area contributed by atoms with Crippen molar-refractivity contribution < 1.29 is 9.90 Å². The van der Waals surface area contributed by atoms with Gasteiger partial charge in [0, 0.05) is 17.4 Å². The fraction of sp³-hybridized carbons (Fsp3) is 0.105. The maximum Gasteiger partial charge on any atom is 0.184 e. The van der Waals surface area contributed by atoms with E-state index < -0.39 is 12.0 Å². The Balaban J connectivity index is 2.00. The van der Waals surface area contributed by atoms with Crippen LogP contribution in [-0.2, 0) is 0 Å². The van der Waals surface area contributed by atoms with Crippen LogP contribution in [0.5, 0.6) is 0 Å². The van der Waals surface area contributed by atoms with Crippen LogP contribution >= 0.6 is 22.9 Å². The van der Waals surface area contributed by atoms with E-state index in [1.807, 2.05) is 0 Å². The molecule has 0 aliphatic heterocycles. The number of benzene rings is 1. The Bertz CT molecular complexity index is 864. The van der Waals surface area contributed by atoms with Crippen LogP contribution in [0.25, 0.3) is 0 Å². The minimum absolute atomic E-state index is 0.0476. The highest BCUT2D eigenvalue weighted by Gasteiger charge is 2.34. The van der Waals surface area contributed by atoms with E-state index in [0.29, 0.717) is 21.0 Å². The van der Waals surface area contributed by atoms with Crippen LogP contribution in [-0.4, -0.2) is 21.6 Å². The first kappa shape index (κ1) is 17.5. The molecule has 6 heteroatoms. The van der Waals surface area contributed by atoms with E-state index >= 15 is 0 Å². The van der Waals surface area contributed by atoms with Gasteiger partial charge in [-0.25, -0.2) is 0 Å². The molecule has 4 nitrogen and oxygen atoms in total. The van der Waals surface area contributed by atoms with Gasteiger partial charge in [0.2, 0.25) is 0 Å². The number of carbonyl (C=O) groups is 1. The lowest BCUT2D eigenvalue weighted by atomic mass is 9.84. The predicted octanol–water partition coefficient (Wildman–Crippen LogP) is 4.40. The monoisotopic (exact) mass is 370 g/mol. The van der Waals surface area contributed by atoms with Crippen LogP contribution in [0.15, 0.2) is 66.3 Å². The van der Waals surface area contributed by atoms with E-state index in [0.717, 1.165) is 0 Å². The lowest BCUT2D eigenvalue weighted by molar-refractivity contribution is 0.0797. The topological polar surface area (TPSA) is 74.0 Å². The average Bonchev–Trinajstić information content (AvgIpc) is 3.17. The van der Waals surface area contributed by atoms with Gasteiger partial charge < -0.3 is 10.5 Å². The first-order chi connectivity index (χ1) is 12.1. The summed E-state index contributed by atoms with van der Waals surface area (Å²) in [6.07, 6.45) is 1.94. The van der Waals surface area contributed by atoms with Gasteiger partial charge in [0.1, 0.15) is 0 Å². The summed E-state index contributed by atoms with van der Waals surface area (Å²) in [6.45, 7) is 0. The summed E-state index contributed by atoms with van der Waals surface area (Å²) in [7, 11) is 0.